The van der Waals surface area contributed by atoms with E-state index in [-0.39, 0.29) is 17.6 Å². The van der Waals surface area contributed by atoms with Crippen molar-refractivity contribution in [3.05, 3.63) is 0 Å². The first-order valence-electron chi connectivity index (χ1n) is 13.3. The molecule has 0 amide bonds. The molecule has 0 aromatic rings. The van der Waals surface area contributed by atoms with E-state index in [9.17, 15) is 10.2 Å². The molecular formula is C28H50O2. The van der Waals surface area contributed by atoms with Gasteiger partial charge in [-0.3, -0.25) is 0 Å². The number of fused-ring (bicyclic) bond motifs is 5. The third-order valence-electron chi connectivity index (χ3n) is 11.3. The first-order chi connectivity index (χ1) is 14.0. The molecule has 0 heterocycles. The molecule has 4 saturated carbocycles. The van der Waals surface area contributed by atoms with E-state index in [0.717, 1.165) is 54.8 Å². The Morgan fingerprint density at radius 3 is 2.23 bits per heavy atom. The van der Waals surface area contributed by atoms with Crippen LogP contribution in [0, 0.1) is 51.8 Å². The van der Waals surface area contributed by atoms with Gasteiger partial charge >= 0.3 is 0 Å². The van der Waals surface area contributed by atoms with E-state index >= 15 is 0 Å². The van der Waals surface area contributed by atoms with Crippen LogP contribution in [0.2, 0.25) is 0 Å². The van der Waals surface area contributed by atoms with Crippen molar-refractivity contribution >= 4 is 0 Å². The summed E-state index contributed by atoms with van der Waals surface area (Å²) in [5, 5.41) is 20.8. The Morgan fingerprint density at radius 1 is 0.867 bits per heavy atom. The summed E-state index contributed by atoms with van der Waals surface area (Å²) in [7, 11) is 0. The Balaban J connectivity index is 1.45. The van der Waals surface area contributed by atoms with Crippen LogP contribution < -0.4 is 0 Å². The van der Waals surface area contributed by atoms with Crippen molar-refractivity contribution in [1.29, 1.82) is 0 Å². The largest absolute Gasteiger partial charge is 0.393 e. The molecule has 4 aliphatic rings. The van der Waals surface area contributed by atoms with Crippen molar-refractivity contribution in [3.8, 4) is 0 Å². The molecule has 4 fully saturated rings. The van der Waals surface area contributed by atoms with Gasteiger partial charge < -0.3 is 10.2 Å². The molecule has 0 spiro atoms. The molecule has 4 aliphatic carbocycles. The third-order valence-corrected chi connectivity index (χ3v) is 11.3. The van der Waals surface area contributed by atoms with Crippen LogP contribution in [-0.4, -0.2) is 22.4 Å². The smallest absolute Gasteiger partial charge is 0.0588 e. The minimum absolute atomic E-state index is 0.00154. The summed E-state index contributed by atoms with van der Waals surface area (Å²) in [4.78, 5) is 0. The molecule has 0 aromatic heterocycles. The van der Waals surface area contributed by atoms with Gasteiger partial charge in [-0.15, -0.1) is 0 Å². The summed E-state index contributed by atoms with van der Waals surface area (Å²) in [6.45, 7) is 14.2. The van der Waals surface area contributed by atoms with Crippen LogP contribution in [0.4, 0.5) is 0 Å². The van der Waals surface area contributed by atoms with Crippen LogP contribution in [0.1, 0.15) is 112 Å². The fourth-order valence-electron chi connectivity index (χ4n) is 9.27. The highest BCUT2D eigenvalue weighted by Crippen LogP contribution is 2.68. The maximum Gasteiger partial charge on any atom is 0.0588 e. The monoisotopic (exact) mass is 418 g/mol. The maximum absolute atomic E-state index is 10.6. The van der Waals surface area contributed by atoms with Gasteiger partial charge in [0.05, 0.1) is 12.2 Å². The van der Waals surface area contributed by atoms with Crippen molar-refractivity contribution in [2.75, 3.05) is 0 Å². The van der Waals surface area contributed by atoms with Crippen LogP contribution in [0.15, 0.2) is 0 Å². The Labute approximate surface area is 186 Å². The zero-order valence-electron chi connectivity index (χ0n) is 20.8. The van der Waals surface area contributed by atoms with E-state index in [1.54, 1.807) is 0 Å². The Hall–Kier alpha value is -0.0800. The van der Waals surface area contributed by atoms with Gasteiger partial charge in [0.15, 0.2) is 0 Å². The van der Waals surface area contributed by atoms with Crippen LogP contribution in [0.3, 0.4) is 0 Å². The molecule has 2 N–H and O–H groups in total. The molecule has 0 aliphatic heterocycles. The molecule has 2 nitrogen and oxygen atoms in total. The fraction of sp³-hybridized carbons (Fsp3) is 1.00. The number of hydrogen-bond donors (Lipinski definition) is 2. The zero-order chi connectivity index (χ0) is 21.9. The average molecular weight is 419 g/mol. The molecule has 0 aromatic carbocycles. The third kappa shape index (κ3) is 3.81. The van der Waals surface area contributed by atoms with E-state index in [2.05, 4.69) is 41.5 Å². The minimum Gasteiger partial charge on any atom is -0.393 e. The van der Waals surface area contributed by atoms with Crippen molar-refractivity contribution in [3.63, 3.8) is 0 Å². The molecule has 30 heavy (non-hydrogen) atoms. The Morgan fingerprint density at radius 2 is 1.53 bits per heavy atom. The average Bonchev–Trinajstić information content (AvgIpc) is 3.03. The topological polar surface area (TPSA) is 40.5 Å². The first kappa shape index (κ1) is 23.1. The lowest BCUT2D eigenvalue weighted by Crippen LogP contribution is -2.54. The first-order valence-corrected chi connectivity index (χ1v) is 13.3. The van der Waals surface area contributed by atoms with E-state index < -0.39 is 0 Å². The molecular weight excluding hydrogens is 368 g/mol. The van der Waals surface area contributed by atoms with E-state index in [1.165, 1.54) is 51.4 Å². The summed E-state index contributed by atoms with van der Waals surface area (Å²) in [6, 6.07) is 0. The standard InChI is InChI=1S/C28H50O2/c1-18(7-12-25(30)26(2,3)4)22-10-11-23-21-9-8-19-17-20(29)13-15-27(19,5)24(21)14-16-28(22,23)6/h18-25,29-30H,7-17H2,1-6H3. The highest BCUT2D eigenvalue weighted by atomic mass is 16.3. The second-order valence-corrected chi connectivity index (χ2v) is 13.7. The Kier molecular flexibility index (Phi) is 6.20. The maximum atomic E-state index is 10.6. The molecule has 0 bridgehead atoms. The van der Waals surface area contributed by atoms with Gasteiger partial charge in [0.25, 0.3) is 0 Å². The number of rotatable bonds is 4. The Bertz CT molecular complexity index is 608. The molecule has 10 atom stereocenters. The predicted molar refractivity (Wildman–Crippen MR) is 125 cm³/mol. The lowest BCUT2D eigenvalue weighted by atomic mass is 9.44. The molecule has 10 unspecified atom stereocenters. The van der Waals surface area contributed by atoms with Crippen LogP contribution in [0.5, 0.6) is 0 Å². The highest BCUT2D eigenvalue weighted by molar-refractivity contribution is 5.09. The van der Waals surface area contributed by atoms with Gasteiger partial charge in [0.2, 0.25) is 0 Å². The summed E-state index contributed by atoms with van der Waals surface area (Å²) >= 11 is 0. The predicted octanol–water partition coefficient (Wildman–Crippen LogP) is 6.83. The number of aliphatic hydroxyl groups is 2. The number of aliphatic hydroxyl groups excluding tert-OH is 2. The fourth-order valence-corrected chi connectivity index (χ4v) is 9.27. The SMILES string of the molecule is CC(CCC(O)C(C)(C)C)C1CCC2C3CCC4CC(O)CCC4(C)C3CCC12C. The van der Waals surface area contributed by atoms with Crippen LogP contribution in [-0.2, 0) is 0 Å². The quantitative estimate of drug-likeness (QED) is 0.525. The minimum atomic E-state index is -0.183. The lowest BCUT2D eigenvalue weighted by molar-refractivity contribution is -0.129. The van der Waals surface area contributed by atoms with Gasteiger partial charge in [-0.05, 0) is 122 Å². The summed E-state index contributed by atoms with van der Waals surface area (Å²) < 4.78 is 0. The summed E-state index contributed by atoms with van der Waals surface area (Å²) in [5.41, 5.74) is 1.01. The lowest BCUT2D eigenvalue weighted by Gasteiger charge is -2.61. The van der Waals surface area contributed by atoms with E-state index in [4.69, 9.17) is 0 Å². The molecule has 0 radical (unpaired) electrons. The zero-order valence-corrected chi connectivity index (χ0v) is 20.8. The highest BCUT2D eigenvalue weighted by Gasteiger charge is 2.60. The van der Waals surface area contributed by atoms with Crippen LogP contribution >= 0.6 is 0 Å². The van der Waals surface area contributed by atoms with Gasteiger partial charge in [-0.25, -0.2) is 0 Å². The molecule has 2 heteroatoms. The van der Waals surface area contributed by atoms with Crippen molar-refractivity contribution < 1.29 is 10.2 Å². The second kappa shape index (κ2) is 8.05. The van der Waals surface area contributed by atoms with Crippen molar-refractivity contribution in [2.24, 2.45) is 51.8 Å². The number of hydrogen-bond acceptors (Lipinski definition) is 2. The van der Waals surface area contributed by atoms with E-state index in [0.29, 0.717) is 10.8 Å². The van der Waals surface area contributed by atoms with Crippen LogP contribution in [0.25, 0.3) is 0 Å². The molecule has 174 valence electrons. The van der Waals surface area contributed by atoms with Gasteiger partial charge in [0.1, 0.15) is 0 Å². The normalized spacial score (nSPS) is 48.4. The van der Waals surface area contributed by atoms with Gasteiger partial charge in [0, 0.05) is 0 Å². The summed E-state index contributed by atoms with van der Waals surface area (Å²) in [5.74, 6) is 5.08. The second-order valence-electron chi connectivity index (χ2n) is 13.7. The molecule has 4 rings (SSSR count). The van der Waals surface area contributed by atoms with Crippen molar-refractivity contribution in [2.45, 2.75) is 124 Å². The molecule has 0 saturated heterocycles. The summed E-state index contributed by atoms with van der Waals surface area (Å²) in [6.07, 6.45) is 13.8. The van der Waals surface area contributed by atoms with Crippen molar-refractivity contribution in [1.82, 2.24) is 0 Å². The van der Waals surface area contributed by atoms with Gasteiger partial charge in [-0.2, -0.15) is 0 Å². The van der Waals surface area contributed by atoms with Gasteiger partial charge in [-0.1, -0.05) is 41.5 Å². The van der Waals surface area contributed by atoms with E-state index in [1.807, 2.05) is 0 Å².